The Morgan fingerprint density at radius 2 is 2.00 bits per heavy atom. The van der Waals surface area contributed by atoms with Crippen molar-refractivity contribution in [1.29, 1.82) is 0 Å². The number of hydrogen-bond acceptors (Lipinski definition) is 5. The Labute approximate surface area is 191 Å². The standard InChI is InChI=1S/C23H19F4N3O4/c24-16-8-5-14(6-9-16)3-2-12-33-19-10-7-15(13-17(19)23(25,26)27)20-28-21(34-29-20)18-4-1-11-30(18)22(31)32/h2-3,5-10,13,18H,1,4,11-12H2,(H,31,32). The number of amides is 1. The zero-order chi connectivity index (χ0) is 24.3. The summed E-state index contributed by atoms with van der Waals surface area (Å²) in [7, 11) is 0. The van der Waals surface area contributed by atoms with Crippen LogP contribution in [0.4, 0.5) is 22.4 Å². The molecule has 1 aliphatic heterocycles. The van der Waals surface area contributed by atoms with Crippen LogP contribution >= 0.6 is 0 Å². The maximum absolute atomic E-state index is 13.7. The molecule has 1 saturated heterocycles. The molecule has 1 amide bonds. The van der Waals surface area contributed by atoms with Crippen LogP contribution < -0.4 is 4.74 Å². The van der Waals surface area contributed by atoms with E-state index in [1.54, 1.807) is 6.08 Å². The number of halogens is 4. The molecule has 0 spiro atoms. The molecule has 0 radical (unpaired) electrons. The van der Waals surface area contributed by atoms with Gasteiger partial charge in [0.25, 0.3) is 0 Å². The van der Waals surface area contributed by atoms with Crippen molar-refractivity contribution in [3.63, 3.8) is 0 Å². The average Bonchev–Trinajstić information content (AvgIpc) is 3.47. The molecule has 1 aromatic heterocycles. The summed E-state index contributed by atoms with van der Waals surface area (Å²) in [5, 5.41) is 13.0. The number of alkyl halides is 3. The summed E-state index contributed by atoms with van der Waals surface area (Å²) in [6, 6.07) is 8.37. The minimum atomic E-state index is -4.70. The molecule has 0 bridgehead atoms. The quantitative estimate of drug-likeness (QED) is 0.452. The van der Waals surface area contributed by atoms with Crippen molar-refractivity contribution in [3.05, 3.63) is 71.4 Å². The van der Waals surface area contributed by atoms with Gasteiger partial charge in [-0.05, 0) is 54.8 Å². The molecule has 7 nitrogen and oxygen atoms in total. The smallest absolute Gasteiger partial charge is 0.419 e. The van der Waals surface area contributed by atoms with E-state index in [9.17, 15) is 27.5 Å². The Kier molecular flexibility index (Phi) is 6.53. The number of ether oxygens (including phenoxy) is 1. The Hall–Kier alpha value is -3.89. The number of hydrogen-bond donors (Lipinski definition) is 1. The van der Waals surface area contributed by atoms with Gasteiger partial charge in [-0.25, -0.2) is 9.18 Å². The third-order valence-corrected chi connectivity index (χ3v) is 5.28. The second kappa shape index (κ2) is 9.54. The monoisotopic (exact) mass is 477 g/mol. The third kappa shape index (κ3) is 5.19. The Bertz CT molecular complexity index is 1190. The molecule has 0 aliphatic carbocycles. The van der Waals surface area contributed by atoms with Gasteiger partial charge in [-0.2, -0.15) is 18.2 Å². The summed E-state index contributed by atoms with van der Waals surface area (Å²) in [5.41, 5.74) is -0.288. The van der Waals surface area contributed by atoms with Crippen LogP contribution in [0.25, 0.3) is 17.5 Å². The first kappa shape index (κ1) is 23.3. The molecule has 1 N–H and O–H groups in total. The van der Waals surface area contributed by atoms with Crippen molar-refractivity contribution in [2.24, 2.45) is 0 Å². The van der Waals surface area contributed by atoms with Crippen molar-refractivity contribution < 1.29 is 36.7 Å². The Morgan fingerprint density at radius 3 is 2.71 bits per heavy atom. The summed E-state index contributed by atoms with van der Waals surface area (Å²) in [5.74, 6) is -0.814. The van der Waals surface area contributed by atoms with Crippen LogP contribution in [0.2, 0.25) is 0 Å². The molecule has 1 unspecified atom stereocenters. The van der Waals surface area contributed by atoms with Crippen LogP contribution in [0, 0.1) is 5.82 Å². The second-order valence-electron chi connectivity index (χ2n) is 7.56. The van der Waals surface area contributed by atoms with Gasteiger partial charge in [-0.3, -0.25) is 4.90 Å². The van der Waals surface area contributed by atoms with Gasteiger partial charge < -0.3 is 14.4 Å². The van der Waals surface area contributed by atoms with Crippen molar-refractivity contribution in [3.8, 4) is 17.1 Å². The van der Waals surface area contributed by atoms with Crippen molar-refractivity contribution in [2.75, 3.05) is 13.2 Å². The van der Waals surface area contributed by atoms with Gasteiger partial charge in [0.1, 0.15) is 24.2 Å². The molecule has 34 heavy (non-hydrogen) atoms. The van der Waals surface area contributed by atoms with Crippen molar-refractivity contribution in [1.82, 2.24) is 15.0 Å². The highest BCUT2D eigenvalue weighted by atomic mass is 19.4. The molecule has 11 heteroatoms. The predicted molar refractivity (Wildman–Crippen MR) is 112 cm³/mol. The minimum absolute atomic E-state index is 0.0368. The molecular weight excluding hydrogens is 458 g/mol. The Morgan fingerprint density at radius 1 is 1.24 bits per heavy atom. The minimum Gasteiger partial charge on any atom is -0.489 e. The zero-order valence-corrected chi connectivity index (χ0v) is 17.6. The van der Waals surface area contributed by atoms with Crippen molar-refractivity contribution >= 4 is 12.2 Å². The van der Waals surface area contributed by atoms with E-state index in [4.69, 9.17) is 9.26 Å². The van der Waals surface area contributed by atoms with E-state index < -0.39 is 23.9 Å². The fourth-order valence-corrected chi connectivity index (χ4v) is 3.65. The zero-order valence-electron chi connectivity index (χ0n) is 17.6. The SMILES string of the molecule is O=C(O)N1CCCC1c1nc(-c2ccc(OCC=Cc3ccc(F)cc3)c(C(F)(F)F)c2)no1. The van der Waals surface area contributed by atoms with Gasteiger partial charge in [-0.1, -0.05) is 23.4 Å². The van der Waals surface area contributed by atoms with Crippen LogP contribution in [0.5, 0.6) is 5.75 Å². The van der Waals surface area contributed by atoms with Crippen LogP contribution in [0.1, 0.15) is 35.9 Å². The number of rotatable bonds is 6. The highest BCUT2D eigenvalue weighted by Crippen LogP contribution is 2.39. The van der Waals surface area contributed by atoms with Gasteiger partial charge in [-0.15, -0.1) is 0 Å². The molecule has 1 atom stereocenters. The molecule has 1 aliphatic rings. The summed E-state index contributed by atoms with van der Waals surface area (Å²) < 4.78 is 64.4. The van der Waals surface area contributed by atoms with E-state index in [1.807, 2.05) is 0 Å². The molecular formula is C23H19F4N3O4. The number of benzene rings is 2. The first-order valence-electron chi connectivity index (χ1n) is 10.3. The van der Waals surface area contributed by atoms with E-state index in [-0.39, 0.29) is 35.5 Å². The van der Waals surface area contributed by atoms with Gasteiger partial charge >= 0.3 is 12.3 Å². The molecule has 2 heterocycles. The molecule has 178 valence electrons. The third-order valence-electron chi connectivity index (χ3n) is 5.28. The lowest BCUT2D eigenvalue weighted by molar-refractivity contribution is -0.138. The van der Waals surface area contributed by atoms with Gasteiger partial charge in [0.15, 0.2) is 0 Å². The maximum Gasteiger partial charge on any atom is 0.419 e. The lowest BCUT2D eigenvalue weighted by Gasteiger charge is -2.17. The highest BCUT2D eigenvalue weighted by Gasteiger charge is 2.36. The maximum atomic E-state index is 13.7. The normalized spacial score (nSPS) is 16.4. The second-order valence-corrected chi connectivity index (χ2v) is 7.56. The molecule has 0 saturated carbocycles. The number of carboxylic acid groups (broad SMARTS) is 1. The fourth-order valence-electron chi connectivity index (χ4n) is 3.65. The number of aromatic nitrogens is 2. The van der Waals surface area contributed by atoms with Crippen LogP contribution in [-0.4, -0.2) is 39.4 Å². The van der Waals surface area contributed by atoms with E-state index >= 15 is 0 Å². The van der Waals surface area contributed by atoms with Crippen molar-refractivity contribution in [2.45, 2.75) is 25.1 Å². The summed E-state index contributed by atoms with van der Waals surface area (Å²) in [4.78, 5) is 16.6. The highest BCUT2D eigenvalue weighted by molar-refractivity contribution is 5.66. The lowest BCUT2D eigenvalue weighted by atomic mass is 10.1. The molecule has 1 fully saturated rings. The summed E-state index contributed by atoms with van der Waals surface area (Å²) in [6.45, 7) is 0.177. The summed E-state index contributed by atoms with van der Waals surface area (Å²) in [6.07, 6.45) is -1.61. The van der Waals surface area contributed by atoms with Crippen LogP contribution in [0.3, 0.4) is 0 Å². The van der Waals surface area contributed by atoms with Gasteiger partial charge in [0.05, 0.1) is 5.56 Å². The first-order valence-corrected chi connectivity index (χ1v) is 10.3. The molecule has 2 aromatic carbocycles. The predicted octanol–water partition coefficient (Wildman–Crippen LogP) is 5.80. The number of likely N-dealkylation sites (tertiary alicyclic amines) is 1. The topological polar surface area (TPSA) is 88.7 Å². The first-order chi connectivity index (χ1) is 16.2. The Balaban J connectivity index is 1.51. The fraction of sp³-hybridized carbons (Fsp3) is 0.261. The largest absolute Gasteiger partial charge is 0.489 e. The number of carbonyl (C=O) groups is 1. The molecule has 4 rings (SSSR count). The summed E-state index contributed by atoms with van der Waals surface area (Å²) >= 11 is 0. The van der Waals surface area contributed by atoms with E-state index in [1.165, 1.54) is 42.5 Å². The van der Waals surface area contributed by atoms with Crippen LogP contribution in [-0.2, 0) is 6.18 Å². The molecule has 3 aromatic rings. The van der Waals surface area contributed by atoms with E-state index in [0.717, 1.165) is 11.0 Å². The van der Waals surface area contributed by atoms with E-state index in [0.29, 0.717) is 24.9 Å². The van der Waals surface area contributed by atoms with Gasteiger partial charge in [0, 0.05) is 12.1 Å². The lowest BCUT2D eigenvalue weighted by Crippen LogP contribution is -2.28. The van der Waals surface area contributed by atoms with E-state index in [2.05, 4.69) is 10.1 Å². The number of nitrogens with zero attached hydrogens (tertiary/aromatic N) is 3. The average molecular weight is 477 g/mol. The van der Waals surface area contributed by atoms with Crippen LogP contribution in [0.15, 0.2) is 53.1 Å². The van der Waals surface area contributed by atoms with Gasteiger partial charge in [0.2, 0.25) is 11.7 Å².